The zero-order chi connectivity index (χ0) is 13.0. The number of aromatic nitrogens is 2. The van der Waals surface area contributed by atoms with Gasteiger partial charge >= 0.3 is 0 Å². The summed E-state index contributed by atoms with van der Waals surface area (Å²) in [5.41, 5.74) is 1.86. The molecule has 5 heteroatoms. The molecule has 0 saturated heterocycles. The van der Waals surface area contributed by atoms with Gasteiger partial charge < -0.3 is 5.32 Å². The molecule has 0 aliphatic rings. The number of hydrogen-bond acceptors (Lipinski definition) is 3. The van der Waals surface area contributed by atoms with Crippen LogP contribution in [0.15, 0.2) is 30.5 Å². The minimum atomic E-state index is 0.613. The number of rotatable bonds is 4. The lowest BCUT2D eigenvalue weighted by atomic mass is 10.2. The van der Waals surface area contributed by atoms with E-state index < -0.39 is 0 Å². The van der Waals surface area contributed by atoms with Crippen molar-refractivity contribution in [3.63, 3.8) is 0 Å². The number of nitrogens with one attached hydrogen (secondary N) is 1. The van der Waals surface area contributed by atoms with Crippen LogP contribution in [0.25, 0.3) is 0 Å². The van der Waals surface area contributed by atoms with E-state index >= 15 is 0 Å². The highest BCUT2D eigenvalue weighted by molar-refractivity contribution is 6.35. The lowest BCUT2D eigenvalue weighted by Crippen LogP contribution is -2.14. The van der Waals surface area contributed by atoms with Crippen LogP contribution in [0.2, 0.25) is 10.0 Å². The second kappa shape index (κ2) is 6.14. The van der Waals surface area contributed by atoms with Crippen LogP contribution in [0.4, 0.5) is 0 Å². The highest BCUT2D eigenvalue weighted by Crippen LogP contribution is 2.23. The van der Waals surface area contributed by atoms with Gasteiger partial charge in [0.15, 0.2) is 0 Å². The molecule has 1 N–H and O–H groups in total. The van der Waals surface area contributed by atoms with Crippen molar-refractivity contribution in [3.05, 3.63) is 57.6 Å². The lowest BCUT2D eigenvalue weighted by Gasteiger charge is -2.08. The molecule has 0 aliphatic carbocycles. The molecule has 1 aromatic heterocycles. The van der Waals surface area contributed by atoms with E-state index in [-0.39, 0.29) is 0 Å². The second-order valence-electron chi connectivity index (χ2n) is 3.90. The molecule has 1 aromatic carbocycles. The highest BCUT2D eigenvalue weighted by Gasteiger charge is 2.04. The Bertz CT molecular complexity index is 523. The summed E-state index contributed by atoms with van der Waals surface area (Å²) in [6, 6.07) is 7.38. The monoisotopic (exact) mass is 281 g/mol. The van der Waals surface area contributed by atoms with Crippen LogP contribution in [0, 0.1) is 6.92 Å². The normalized spacial score (nSPS) is 10.6. The first-order valence-electron chi connectivity index (χ1n) is 5.59. The van der Waals surface area contributed by atoms with Gasteiger partial charge in [0.2, 0.25) is 0 Å². The first kappa shape index (κ1) is 13.3. The molecule has 0 amide bonds. The van der Waals surface area contributed by atoms with Crippen LogP contribution < -0.4 is 5.32 Å². The summed E-state index contributed by atoms with van der Waals surface area (Å²) >= 11 is 12.2. The Balaban J connectivity index is 1.97. The number of benzene rings is 1. The fourth-order valence-corrected chi connectivity index (χ4v) is 2.15. The van der Waals surface area contributed by atoms with Gasteiger partial charge in [0.25, 0.3) is 0 Å². The Kier molecular flexibility index (Phi) is 4.53. The molecule has 0 saturated carbocycles. The summed E-state index contributed by atoms with van der Waals surface area (Å²) in [6.45, 7) is 3.14. The summed E-state index contributed by atoms with van der Waals surface area (Å²) in [7, 11) is 0. The van der Waals surface area contributed by atoms with E-state index in [0.717, 1.165) is 17.1 Å². The summed E-state index contributed by atoms with van der Waals surface area (Å²) in [5.74, 6) is 0.769. The molecule has 94 valence electrons. The third-order valence-electron chi connectivity index (χ3n) is 2.50. The van der Waals surface area contributed by atoms with Crippen molar-refractivity contribution in [2.75, 3.05) is 0 Å². The molecule has 0 unspecified atom stereocenters. The van der Waals surface area contributed by atoms with E-state index in [0.29, 0.717) is 23.1 Å². The molecule has 18 heavy (non-hydrogen) atoms. The zero-order valence-corrected chi connectivity index (χ0v) is 11.5. The van der Waals surface area contributed by atoms with Gasteiger partial charge in [-0.05, 0) is 25.1 Å². The van der Waals surface area contributed by atoms with Gasteiger partial charge in [-0.1, -0.05) is 29.3 Å². The van der Waals surface area contributed by atoms with Crippen molar-refractivity contribution in [1.29, 1.82) is 0 Å². The minimum Gasteiger partial charge on any atom is -0.307 e. The number of nitrogens with zero attached hydrogens (tertiary/aromatic N) is 2. The van der Waals surface area contributed by atoms with E-state index in [2.05, 4.69) is 15.3 Å². The lowest BCUT2D eigenvalue weighted by molar-refractivity contribution is 0.675. The average Bonchev–Trinajstić information content (AvgIpc) is 2.33. The van der Waals surface area contributed by atoms with Crippen LogP contribution in [-0.4, -0.2) is 9.97 Å². The van der Waals surface area contributed by atoms with Crippen molar-refractivity contribution in [3.8, 4) is 0 Å². The smallest absolute Gasteiger partial charge is 0.125 e. The van der Waals surface area contributed by atoms with Crippen LogP contribution in [0.5, 0.6) is 0 Å². The van der Waals surface area contributed by atoms with E-state index in [4.69, 9.17) is 23.2 Å². The van der Waals surface area contributed by atoms with Gasteiger partial charge in [-0.3, -0.25) is 0 Å². The van der Waals surface area contributed by atoms with Crippen molar-refractivity contribution in [2.45, 2.75) is 20.0 Å². The van der Waals surface area contributed by atoms with Crippen molar-refractivity contribution in [2.24, 2.45) is 0 Å². The van der Waals surface area contributed by atoms with Gasteiger partial charge in [0.05, 0.1) is 5.69 Å². The summed E-state index contributed by atoms with van der Waals surface area (Å²) in [5, 5.41) is 4.62. The number of hydrogen-bond donors (Lipinski definition) is 1. The molecule has 0 fully saturated rings. The Morgan fingerprint density at radius 3 is 2.50 bits per heavy atom. The first-order chi connectivity index (χ1) is 8.66. The van der Waals surface area contributed by atoms with E-state index in [1.54, 1.807) is 6.20 Å². The average molecular weight is 282 g/mol. The maximum Gasteiger partial charge on any atom is 0.125 e. The van der Waals surface area contributed by atoms with Crippen molar-refractivity contribution in [1.82, 2.24) is 15.3 Å². The zero-order valence-electron chi connectivity index (χ0n) is 9.95. The van der Waals surface area contributed by atoms with Gasteiger partial charge in [0.1, 0.15) is 5.82 Å². The third-order valence-corrected chi connectivity index (χ3v) is 3.21. The van der Waals surface area contributed by atoms with Crippen LogP contribution >= 0.6 is 23.2 Å². The van der Waals surface area contributed by atoms with Gasteiger partial charge in [0, 0.05) is 34.9 Å². The van der Waals surface area contributed by atoms with Crippen molar-refractivity contribution >= 4 is 23.2 Å². The van der Waals surface area contributed by atoms with E-state index in [1.165, 1.54) is 0 Å². The van der Waals surface area contributed by atoms with Gasteiger partial charge in [-0.25, -0.2) is 9.97 Å². The van der Waals surface area contributed by atoms with Gasteiger partial charge in [-0.15, -0.1) is 0 Å². The number of aryl methyl sites for hydroxylation is 1. The SMILES string of the molecule is Cc1nccc(CNCc2c(Cl)cccc2Cl)n1. The van der Waals surface area contributed by atoms with E-state index in [9.17, 15) is 0 Å². The maximum absolute atomic E-state index is 6.09. The first-order valence-corrected chi connectivity index (χ1v) is 6.34. The fourth-order valence-electron chi connectivity index (χ4n) is 1.62. The molecular weight excluding hydrogens is 269 g/mol. The quantitative estimate of drug-likeness (QED) is 0.934. The highest BCUT2D eigenvalue weighted by atomic mass is 35.5. The predicted octanol–water partition coefficient (Wildman–Crippen LogP) is 3.38. The number of halogens is 2. The molecule has 0 atom stereocenters. The molecular formula is C13H13Cl2N3. The standard InChI is InChI=1S/C13H13Cl2N3/c1-9-17-6-5-10(18-9)7-16-8-11-12(14)3-2-4-13(11)15/h2-6,16H,7-8H2,1H3. The van der Waals surface area contributed by atoms with E-state index in [1.807, 2.05) is 31.2 Å². The predicted molar refractivity (Wildman–Crippen MR) is 73.8 cm³/mol. The fraction of sp³-hybridized carbons (Fsp3) is 0.231. The third kappa shape index (κ3) is 3.42. The Hall–Kier alpha value is -1.16. The minimum absolute atomic E-state index is 0.613. The molecule has 2 aromatic rings. The summed E-state index contributed by atoms with van der Waals surface area (Å²) < 4.78 is 0. The molecule has 2 rings (SSSR count). The van der Waals surface area contributed by atoms with Crippen LogP contribution in [-0.2, 0) is 13.1 Å². The summed E-state index contributed by atoms with van der Waals surface area (Å²) in [6.07, 6.45) is 1.75. The van der Waals surface area contributed by atoms with Gasteiger partial charge in [-0.2, -0.15) is 0 Å². The molecule has 0 aliphatic heterocycles. The largest absolute Gasteiger partial charge is 0.307 e. The molecule has 0 bridgehead atoms. The molecule has 0 radical (unpaired) electrons. The molecule has 3 nitrogen and oxygen atoms in total. The van der Waals surface area contributed by atoms with Crippen LogP contribution in [0.3, 0.4) is 0 Å². The van der Waals surface area contributed by atoms with Crippen LogP contribution in [0.1, 0.15) is 17.1 Å². The second-order valence-corrected chi connectivity index (χ2v) is 4.71. The Morgan fingerprint density at radius 2 is 1.83 bits per heavy atom. The summed E-state index contributed by atoms with van der Waals surface area (Å²) in [4.78, 5) is 8.36. The molecule has 0 spiro atoms. The topological polar surface area (TPSA) is 37.8 Å². The Morgan fingerprint density at radius 1 is 1.11 bits per heavy atom. The molecule has 1 heterocycles. The Labute approximate surface area is 116 Å². The maximum atomic E-state index is 6.09. The van der Waals surface area contributed by atoms with Crippen molar-refractivity contribution < 1.29 is 0 Å².